The van der Waals surface area contributed by atoms with Crippen molar-refractivity contribution in [2.75, 3.05) is 0 Å². The van der Waals surface area contributed by atoms with E-state index in [0.717, 1.165) is 0 Å². The third kappa shape index (κ3) is 36.0. The van der Waals surface area contributed by atoms with Gasteiger partial charge in [0.1, 0.15) is 0 Å². The monoisotopic (exact) mass is 394 g/mol. The minimum atomic E-state index is 0. The minimum absolute atomic E-state index is 0. The van der Waals surface area contributed by atoms with Crippen LogP contribution in [0.1, 0.15) is 0 Å². The number of rotatable bonds is 0. The van der Waals surface area contributed by atoms with Crippen molar-refractivity contribution in [2.45, 2.75) is 0 Å². The molecule has 6 heavy (non-hydrogen) atoms. The van der Waals surface area contributed by atoms with Crippen LogP contribution in [0.2, 0.25) is 0 Å². The fourth-order valence-corrected chi connectivity index (χ4v) is 0. The standard InChI is InChI=1S/Ba.4H2O.W/h;4*1H2;/q+2;;;;;. The molecule has 0 bridgehead atoms. The van der Waals surface area contributed by atoms with E-state index in [4.69, 9.17) is 0 Å². The van der Waals surface area contributed by atoms with Crippen molar-refractivity contribution in [2.24, 2.45) is 0 Å². The van der Waals surface area contributed by atoms with Crippen LogP contribution in [-0.4, -0.2) is 70.8 Å². The van der Waals surface area contributed by atoms with Crippen LogP contribution in [0.25, 0.3) is 0 Å². The Hall–Kier alpha value is 2.10. The van der Waals surface area contributed by atoms with Gasteiger partial charge < -0.3 is 21.9 Å². The van der Waals surface area contributed by atoms with E-state index in [-0.39, 0.29) is 91.9 Å². The summed E-state index contributed by atoms with van der Waals surface area (Å²) in [6.45, 7) is 0. The first-order valence-electron chi connectivity index (χ1n) is 0. The maximum atomic E-state index is 0. The zero-order valence-electron chi connectivity index (χ0n) is 3.12. The van der Waals surface area contributed by atoms with Gasteiger partial charge in [-0.25, -0.2) is 0 Å². The zero-order chi connectivity index (χ0) is 0. The topological polar surface area (TPSA) is 126 Å². The van der Waals surface area contributed by atoms with Gasteiger partial charge in [0.25, 0.3) is 0 Å². The van der Waals surface area contributed by atoms with Gasteiger partial charge in [0, 0.05) is 21.1 Å². The zero-order valence-corrected chi connectivity index (χ0v) is 10.5. The fraction of sp³-hybridized carbons (Fsp3) is 0. The Balaban J connectivity index is 0. The maximum absolute atomic E-state index is 0. The van der Waals surface area contributed by atoms with Crippen LogP contribution in [0.3, 0.4) is 0 Å². The Morgan fingerprint density at radius 1 is 0.500 bits per heavy atom. The molecule has 0 aromatic heterocycles. The average Bonchev–Trinajstić information content (AvgIpc) is 0. The van der Waals surface area contributed by atoms with Gasteiger partial charge in [0.15, 0.2) is 0 Å². The van der Waals surface area contributed by atoms with E-state index < -0.39 is 0 Å². The molecule has 0 aliphatic rings. The van der Waals surface area contributed by atoms with Gasteiger partial charge >= 0.3 is 48.9 Å². The molecule has 0 rings (SSSR count). The molecule has 0 spiro atoms. The second-order valence-electron chi connectivity index (χ2n) is 0. The normalized spacial score (nSPS) is 0. The van der Waals surface area contributed by atoms with E-state index in [1.165, 1.54) is 0 Å². The van der Waals surface area contributed by atoms with Crippen molar-refractivity contribution >= 4 is 48.9 Å². The minimum Gasteiger partial charge on any atom is -0.412 e. The predicted octanol–water partition coefficient (Wildman–Crippen LogP) is -3.68. The number of hydrogen-bond donors (Lipinski definition) is 0. The second-order valence-corrected chi connectivity index (χ2v) is 0. The summed E-state index contributed by atoms with van der Waals surface area (Å²) in [5, 5.41) is 0. The van der Waals surface area contributed by atoms with Crippen LogP contribution in [0.4, 0.5) is 0 Å². The molecular formula is H8BaO4W+2. The largest absolute Gasteiger partial charge is 2.00 e. The van der Waals surface area contributed by atoms with Crippen LogP contribution in [-0.2, 0) is 21.1 Å². The van der Waals surface area contributed by atoms with Crippen LogP contribution in [0, 0.1) is 0 Å². The summed E-state index contributed by atoms with van der Waals surface area (Å²) in [6, 6.07) is 0. The Kier molecular flexibility index (Phi) is 925. The molecule has 6 heteroatoms. The molecule has 8 N–H and O–H groups in total. The molecule has 0 radical (unpaired) electrons. The first-order valence-corrected chi connectivity index (χ1v) is 0. The summed E-state index contributed by atoms with van der Waals surface area (Å²) in [7, 11) is 0. The van der Waals surface area contributed by atoms with E-state index >= 15 is 0 Å². The van der Waals surface area contributed by atoms with Crippen LogP contribution >= 0.6 is 0 Å². The molecule has 0 aliphatic carbocycles. The molecule has 0 saturated carbocycles. The van der Waals surface area contributed by atoms with Crippen molar-refractivity contribution in [1.82, 2.24) is 0 Å². The smallest absolute Gasteiger partial charge is 0.412 e. The Morgan fingerprint density at radius 2 is 0.500 bits per heavy atom. The van der Waals surface area contributed by atoms with Crippen molar-refractivity contribution in [3.63, 3.8) is 0 Å². The molecule has 0 saturated heterocycles. The van der Waals surface area contributed by atoms with E-state index in [9.17, 15) is 0 Å². The quantitative estimate of drug-likeness (QED) is 0.376. The molecule has 0 unspecified atom stereocenters. The van der Waals surface area contributed by atoms with Crippen molar-refractivity contribution in [3.05, 3.63) is 0 Å². The van der Waals surface area contributed by atoms with Crippen molar-refractivity contribution < 1.29 is 43.0 Å². The summed E-state index contributed by atoms with van der Waals surface area (Å²) in [6.07, 6.45) is 0. The molecule has 0 atom stereocenters. The van der Waals surface area contributed by atoms with Gasteiger partial charge in [0.2, 0.25) is 0 Å². The maximum Gasteiger partial charge on any atom is 2.00 e. The van der Waals surface area contributed by atoms with E-state index in [0.29, 0.717) is 0 Å². The molecule has 0 aromatic carbocycles. The van der Waals surface area contributed by atoms with Gasteiger partial charge in [-0.3, -0.25) is 0 Å². The van der Waals surface area contributed by atoms with Gasteiger partial charge in [-0.2, -0.15) is 0 Å². The summed E-state index contributed by atoms with van der Waals surface area (Å²) < 4.78 is 0. The predicted molar refractivity (Wildman–Crippen MR) is 20.2 cm³/mol. The molecule has 38 valence electrons. The number of hydrogen-bond acceptors (Lipinski definition) is 0. The third-order valence-electron chi connectivity index (χ3n) is 0. The van der Waals surface area contributed by atoms with Gasteiger partial charge in [-0.1, -0.05) is 0 Å². The van der Waals surface area contributed by atoms with E-state index in [1.54, 1.807) is 0 Å². The molecule has 4 nitrogen and oxygen atoms in total. The molecule has 0 fully saturated rings. The van der Waals surface area contributed by atoms with Gasteiger partial charge in [-0.05, 0) is 0 Å². The second kappa shape index (κ2) is 59.9. The summed E-state index contributed by atoms with van der Waals surface area (Å²) in [5.74, 6) is 0. The van der Waals surface area contributed by atoms with Crippen molar-refractivity contribution in [1.29, 1.82) is 0 Å². The van der Waals surface area contributed by atoms with Gasteiger partial charge in [0.05, 0.1) is 0 Å². The Bertz CT molecular complexity index is 7.51. The van der Waals surface area contributed by atoms with Crippen LogP contribution in [0.15, 0.2) is 0 Å². The van der Waals surface area contributed by atoms with Gasteiger partial charge in [-0.15, -0.1) is 0 Å². The van der Waals surface area contributed by atoms with E-state index in [2.05, 4.69) is 0 Å². The molecule has 0 amide bonds. The van der Waals surface area contributed by atoms with Crippen molar-refractivity contribution in [3.8, 4) is 0 Å². The molecule has 0 heterocycles. The first-order chi connectivity index (χ1) is 0. The Labute approximate surface area is 90.3 Å². The Morgan fingerprint density at radius 3 is 0.500 bits per heavy atom. The third-order valence-corrected chi connectivity index (χ3v) is 0. The summed E-state index contributed by atoms with van der Waals surface area (Å²) >= 11 is 0. The first kappa shape index (κ1) is 92.6. The van der Waals surface area contributed by atoms with Crippen LogP contribution in [0.5, 0.6) is 0 Å². The molecule has 0 aromatic rings. The average molecular weight is 393 g/mol. The summed E-state index contributed by atoms with van der Waals surface area (Å²) in [5.41, 5.74) is 0. The SMILES string of the molecule is O.O.O.O.[Ba+2].[W]. The molecule has 0 aliphatic heterocycles. The molecular weight excluding hydrogens is 385 g/mol. The van der Waals surface area contributed by atoms with E-state index in [1.807, 2.05) is 0 Å². The fourth-order valence-electron chi connectivity index (χ4n) is 0. The summed E-state index contributed by atoms with van der Waals surface area (Å²) in [4.78, 5) is 0. The van der Waals surface area contributed by atoms with Crippen LogP contribution < -0.4 is 0 Å².